The van der Waals surface area contributed by atoms with Gasteiger partial charge >= 0.3 is 0 Å². The number of alkyl halides is 1. The highest BCUT2D eigenvalue weighted by Gasteiger charge is 2.12. The first kappa shape index (κ1) is 13.9. The Morgan fingerprint density at radius 1 is 1.44 bits per heavy atom. The van der Waals surface area contributed by atoms with Crippen LogP contribution < -0.4 is 4.90 Å². The van der Waals surface area contributed by atoms with E-state index in [4.69, 9.17) is 11.6 Å². The van der Waals surface area contributed by atoms with Crippen LogP contribution in [-0.2, 0) is 5.33 Å². The van der Waals surface area contributed by atoms with Crippen molar-refractivity contribution in [2.45, 2.75) is 25.6 Å². The van der Waals surface area contributed by atoms with Gasteiger partial charge < -0.3 is 4.90 Å². The highest BCUT2D eigenvalue weighted by Crippen LogP contribution is 2.31. The minimum absolute atomic E-state index is 0.685. The molecule has 0 N–H and O–H groups in total. The van der Waals surface area contributed by atoms with Crippen molar-refractivity contribution in [3.05, 3.63) is 28.8 Å². The summed E-state index contributed by atoms with van der Waals surface area (Å²) in [6.07, 6.45) is 1.19. The molecule has 1 aromatic carbocycles. The third kappa shape index (κ3) is 3.39. The lowest BCUT2D eigenvalue weighted by atomic mass is 10.1. The van der Waals surface area contributed by atoms with Crippen LogP contribution in [0.5, 0.6) is 0 Å². The van der Waals surface area contributed by atoms with E-state index < -0.39 is 0 Å². The normalized spacial score (nSPS) is 12.6. The summed E-state index contributed by atoms with van der Waals surface area (Å²) in [5.41, 5.74) is 2.40. The van der Waals surface area contributed by atoms with Crippen molar-refractivity contribution in [2.24, 2.45) is 5.92 Å². The SMILES string of the molecule is CCC(C)CN(C)c1c(Cl)cccc1CBr. The van der Waals surface area contributed by atoms with Crippen molar-refractivity contribution in [3.8, 4) is 0 Å². The minimum atomic E-state index is 0.685. The van der Waals surface area contributed by atoms with Crippen molar-refractivity contribution >= 4 is 33.2 Å². The quantitative estimate of drug-likeness (QED) is 0.712. The van der Waals surface area contributed by atoms with Crippen LogP contribution >= 0.6 is 27.5 Å². The van der Waals surface area contributed by atoms with E-state index >= 15 is 0 Å². The van der Waals surface area contributed by atoms with E-state index in [0.29, 0.717) is 5.92 Å². The number of anilines is 1. The molecule has 0 aliphatic carbocycles. The van der Waals surface area contributed by atoms with E-state index in [1.165, 1.54) is 12.0 Å². The van der Waals surface area contributed by atoms with Gasteiger partial charge in [0.15, 0.2) is 0 Å². The van der Waals surface area contributed by atoms with Gasteiger partial charge in [-0.2, -0.15) is 0 Å². The van der Waals surface area contributed by atoms with Crippen LogP contribution in [0.1, 0.15) is 25.8 Å². The van der Waals surface area contributed by atoms with Gasteiger partial charge in [0.2, 0.25) is 0 Å². The molecule has 0 heterocycles. The fraction of sp³-hybridized carbons (Fsp3) is 0.538. The van der Waals surface area contributed by atoms with E-state index in [0.717, 1.165) is 22.6 Å². The molecule has 0 aliphatic heterocycles. The maximum absolute atomic E-state index is 6.27. The van der Waals surface area contributed by atoms with Gasteiger partial charge in [-0.15, -0.1) is 0 Å². The van der Waals surface area contributed by atoms with Gasteiger partial charge in [0.05, 0.1) is 10.7 Å². The van der Waals surface area contributed by atoms with Crippen molar-refractivity contribution in [1.82, 2.24) is 0 Å². The number of para-hydroxylation sites is 1. The van der Waals surface area contributed by atoms with Crippen LogP contribution in [0.3, 0.4) is 0 Å². The summed E-state index contributed by atoms with van der Waals surface area (Å²) >= 11 is 9.78. The number of hydrogen-bond donors (Lipinski definition) is 0. The van der Waals surface area contributed by atoms with E-state index in [1.807, 2.05) is 12.1 Å². The maximum Gasteiger partial charge on any atom is 0.0642 e. The van der Waals surface area contributed by atoms with Gasteiger partial charge in [-0.25, -0.2) is 0 Å². The molecule has 1 unspecified atom stereocenters. The fourth-order valence-corrected chi connectivity index (χ4v) is 2.57. The zero-order valence-corrected chi connectivity index (χ0v) is 12.5. The number of halogens is 2. The summed E-state index contributed by atoms with van der Waals surface area (Å²) in [7, 11) is 2.11. The number of nitrogens with zero attached hydrogens (tertiary/aromatic N) is 1. The van der Waals surface area contributed by atoms with Gasteiger partial charge in [0.25, 0.3) is 0 Å². The highest BCUT2D eigenvalue weighted by atomic mass is 79.9. The Balaban J connectivity index is 2.93. The first-order chi connectivity index (χ1) is 7.60. The average molecular weight is 305 g/mol. The predicted octanol–water partition coefficient (Wildman–Crippen LogP) is 4.72. The Morgan fingerprint density at radius 3 is 2.69 bits per heavy atom. The summed E-state index contributed by atoms with van der Waals surface area (Å²) in [6.45, 7) is 5.53. The van der Waals surface area contributed by atoms with Crippen LogP contribution in [0.4, 0.5) is 5.69 Å². The molecule has 0 fully saturated rings. The van der Waals surface area contributed by atoms with E-state index in [1.54, 1.807) is 0 Å². The van der Waals surface area contributed by atoms with Crippen LogP contribution in [0.15, 0.2) is 18.2 Å². The van der Waals surface area contributed by atoms with E-state index in [2.05, 4.69) is 47.8 Å². The largest absolute Gasteiger partial charge is 0.373 e. The molecule has 0 amide bonds. The van der Waals surface area contributed by atoms with Crippen molar-refractivity contribution in [3.63, 3.8) is 0 Å². The summed E-state index contributed by atoms with van der Waals surface area (Å²) in [5, 5.41) is 1.68. The second-order valence-corrected chi connectivity index (χ2v) is 5.24. The minimum Gasteiger partial charge on any atom is -0.373 e. The van der Waals surface area contributed by atoms with Gasteiger partial charge in [-0.05, 0) is 17.5 Å². The van der Waals surface area contributed by atoms with Crippen molar-refractivity contribution in [2.75, 3.05) is 18.5 Å². The molecule has 0 bridgehead atoms. The molecular weight excluding hydrogens is 286 g/mol. The molecule has 0 radical (unpaired) electrons. The third-order valence-corrected chi connectivity index (χ3v) is 3.79. The van der Waals surface area contributed by atoms with Gasteiger partial charge in [-0.1, -0.05) is 59.9 Å². The molecule has 0 aliphatic rings. The van der Waals surface area contributed by atoms with Crippen LogP contribution in [0, 0.1) is 5.92 Å². The smallest absolute Gasteiger partial charge is 0.0642 e. The van der Waals surface area contributed by atoms with E-state index in [-0.39, 0.29) is 0 Å². The molecule has 0 spiro atoms. The van der Waals surface area contributed by atoms with Gasteiger partial charge in [0.1, 0.15) is 0 Å². The Bertz CT molecular complexity index is 341. The van der Waals surface area contributed by atoms with Crippen LogP contribution in [0.2, 0.25) is 5.02 Å². The molecular formula is C13H19BrClN. The van der Waals surface area contributed by atoms with Crippen molar-refractivity contribution in [1.29, 1.82) is 0 Å². The highest BCUT2D eigenvalue weighted by molar-refractivity contribution is 9.08. The van der Waals surface area contributed by atoms with Gasteiger partial charge in [-0.3, -0.25) is 0 Å². The Labute approximate surface area is 112 Å². The standard InChI is InChI=1S/C13H19BrClN/c1-4-10(2)9-16(3)13-11(8-14)6-5-7-12(13)15/h5-7,10H,4,8-9H2,1-3H3. The molecule has 1 rings (SSSR count). The monoisotopic (exact) mass is 303 g/mol. The first-order valence-electron chi connectivity index (χ1n) is 5.64. The lowest BCUT2D eigenvalue weighted by Crippen LogP contribution is -2.24. The van der Waals surface area contributed by atoms with E-state index in [9.17, 15) is 0 Å². The number of benzene rings is 1. The maximum atomic E-state index is 6.27. The molecule has 16 heavy (non-hydrogen) atoms. The molecule has 1 nitrogen and oxygen atoms in total. The molecule has 0 aromatic heterocycles. The topological polar surface area (TPSA) is 3.24 Å². The lowest BCUT2D eigenvalue weighted by Gasteiger charge is -2.26. The van der Waals surface area contributed by atoms with Crippen molar-refractivity contribution < 1.29 is 0 Å². The fourth-order valence-electron chi connectivity index (χ4n) is 1.78. The number of rotatable bonds is 5. The predicted molar refractivity (Wildman–Crippen MR) is 76.8 cm³/mol. The second kappa shape index (κ2) is 6.51. The first-order valence-corrected chi connectivity index (χ1v) is 7.14. The zero-order valence-electron chi connectivity index (χ0n) is 10.1. The zero-order chi connectivity index (χ0) is 12.1. The molecule has 1 aromatic rings. The van der Waals surface area contributed by atoms with Crippen LogP contribution in [0.25, 0.3) is 0 Å². The summed E-state index contributed by atoms with van der Waals surface area (Å²) < 4.78 is 0. The second-order valence-electron chi connectivity index (χ2n) is 4.28. The molecule has 90 valence electrons. The molecule has 3 heteroatoms. The third-order valence-electron chi connectivity index (χ3n) is 2.88. The Morgan fingerprint density at radius 2 is 2.12 bits per heavy atom. The number of hydrogen-bond acceptors (Lipinski definition) is 1. The Kier molecular flexibility index (Phi) is 5.63. The van der Waals surface area contributed by atoms with Crippen LogP contribution in [-0.4, -0.2) is 13.6 Å². The summed E-state index contributed by atoms with van der Waals surface area (Å²) in [6, 6.07) is 6.07. The average Bonchev–Trinajstić information content (AvgIpc) is 2.28. The Hall–Kier alpha value is -0.210. The lowest BCUT2D eigenvalue weighted by molar-refractivity contribution is 0.559. The summed E-state index contributed by atoms with van der Waals surface area (Å²) in [5.74, 6) is 0.685. The molecule has 0 saturated heterocycles. The summed E-state index contributed by atoms with van der Waals surface area (Å²) in [4.78, 5) is 2.26. The molecule has 1 atom stereocenters. The van der Waals surface area contributed by atoms with Gasteiger partial charge in [0, 0.05) is 18.9 Å². The molecule has 0 saturated carbocycles.